The zero-order chi connectivity index (χ0) is 21.8. The van der Waals surface area contributed by atoms with Crippen molar-refractivity contribution < 1.29 is 9.59 Å². The Bertz CT molecular complexity index is 1130. The minimum Gasteiger partial charge on any atom is -0.354 e. The van der Waals surface area contributed by atoms with Gasteiger partial charge in [-0.05, 0) is 50.1 Å². The number of anilines is 3. The third-order valence-corrected chi connectivity index (χ3v) is 5.44. The molecule has 168 valence electrons. The van der Waals surface area contributed by atoms with Crippen molar-refractivity contribution in [1.29, 1.82) is 0 Å². The molecule has 3 heterocycles. The van der Waals surface area contributed by atoms with Gasteiger partial charge in [-0.2, -0.15) is 0 Å². The van der Waals surface area contributed by atoms with Crippen molar-refractivity contribution in [2.45, 2.75) is 39.5 Å². The maximum Gasteiger partial charge on any atom is 0.257 e. The number of nitrogens with one attached hydrogen (secondary N) is 2. The number of likely N-dealkylation sites (tertiary alicyclic amines) is 1. The average Bonchev–Trinajstić information content (AvgIpc) is 3.03. The summed E-state index contributed by atoms with van der Waals surface area (Å²) in [5.41, 5.74) is 4.13. The Kier molecular flexibility index (Phi) is 7.64. The monoisotopic (exact) mass is 453 g/mol. The van der Waals surface area contributed by atoms with E-state index in [0.29, 0.717) is 22.6 Å². The average molecular weight is 454 g/mol. The number of hydrogen-bond acceptors (Lipinski definition) is 5. The van der Waals surface area contributed by atoms with Crippen molar-refractivity contribution in [3.8, 4) is 0 Å². The molecular weight excluding hydrogens is 426 g/mol. The Hall–Kier alpha value is -3.19. The number of benzene rings is 1. The van der Waals surface area contributed by atoms with Crippen LogP contribution >= 0.6 is 12.4 Å². The minimum atomic E-state index is -0.136. The van der Waals surface area contributed by atoms with Gasteiger partial charge in [0.1, 0.15) is 0 Å². The number of carbonyl (C=O) groups is 2. The molecule has 0 aliphatic carbocycles. The SMILES string of the molecule is CC(=O)Nc1cccc(Nc2c(C(=O)N3CCCCCC3)cnc3nc(C)ccc23)c1.Cl. The number of halogens is 1. The molecule has 0 radical (unpaired) electrons. The van der Waals surface area contributed by atoms with Crippen molar-refractivity contribution in [2.24, 2.45) is 0 Å². The van der Waals surface area contributed by atoms with Crippen LogP contribution in [0, 0.1) is 6.92 Å². The second-order valence-corrected chi connectivity index (χ2v) is 7.96. The molecule has 32 heavy (non-hydrogen) atoms. The second kappa shape index (κ2) is 10.4. The molecule has 1 aromatic carbocycles. The summed E-state index contributed by atoms with van der Waals surface area (Å²) in [6.07, 6.45) is 5.99. The Morgan fingerprint density at radius 1 is 1.00 bits per heavy atom. The highest BCUT2D eigenvalue weighted by Gasteiger charge is 2.22. The first kappa shape index (κ1) is 23.5. The zero-order valence-electron chi connectivity index (χ0n) is 18.4. The van der Waals surface area contributed by atoms with Crippen LogP contribution in [-0.4, -0.2) is 39.8 Å². The highest BCUT2D eigenvalue weighted by molar-refractivity contribution is 6.07. The van der Waals surface area contributed by atoms with E-state index in [1.165, 1.54) is 6.92 Å². The number of rotatable bonds is 4. The van der Waals surface area contributed by atoms with Crippen LogP contribution in [0.4, 0.5) is 17.1 Å². The van der Waals surface area contributed by atoms with Crippen molar-refractivity contribution in [2.75, 3.05) is 23.7 Å². The molecule has 1 saturated heterocycles. The molecular formula is C24H28ClN5O2. The molecule has 2 amide bonds. The van der Waals surface area contributed by atoms with Crippen molar-refractivity contribution in [3.63, 3.8) is 0 Å². The predicted molar refractivity (Wildman–Crippen MR) is 130 cm³/mol. The topological polar surface area (TPSA) is 87.2 Å². The maximum absolute atomic E-state index is 13.5. The Balaban J connectivity index is 0.00000289. The van der Waals surface area contributed by atoms with Crippen LogP contribution in [0.3, 0.4) is 0 Å². The molecule has 0 spiro atoms. The van der Waals surface area contributed by atoms with Crippen molar-refractivity contribution >= 4 is 52.3 Å². The van der Waals surface area contributed by atoms with E-state index in [9.17, 15) is 9.59 Å². The smallest absolute Gasteiger partial charge is 0.257 e. The lowest BCUT2D eigenvalue weighted by atomic mass is 10.1. The summed E-state index contributed by atoms with van der Waals surface area (Å²) in [7, 11) is 0. The maximum atomic E-state index is 13.5. The normalized spacial score (nSPS) is 13.8. The van der Waals surface area contributed by atoms with Crippen LogP contribution < -0.4 is 10.6 Å². The number of hydrogen-bond donors (Lipinski definition) is 2. The van der Waals surface area contributed by atoms with E-state index in [1.807, 2.05) is 48.2 Å². The predicted octanol–water partition coefficient (Wildman–Crippen LogP) is 5.08. The lowest BCUT2D eigenvalue weighted by molar-refractivity contribution is -0.114. The summed E-state index contributed by atoms with van der Waals surface area (Å²) in [4.78, 5) is 35.8. The molecule has 1 aliphatic heterocycles. The fourth-order valence-electron chi connectivity index (χ4n) is 3.94. The molecule has 3 aromatic rings. The molecule has 0 bridgehead atoms. The van der Waals surface area contributed by atoms with E-state index in [1.54, 1.807) is 6.20 Å². The lowest BCUT2D eigenvalue weighted by Gasteiger charge is -2.23. The fraction of sp³-hybridized carbons (Fsp3) is 0.333. The van der Waals surface area contributed by atoms with E-state index in [0.717, 1.165) is 55.5 Å². The highest BCUT2D eigenvalue weighted by atomic mass is 35.5. The van der Waals surface area contributed by atoms with Crippen LogP contribution in [0.25, 0.3) is 11.0 Å². The number of fused-ring (bicyclic) bond motifs is 1. The Morgan fingerprint density at radius 2 is 1.72 bits per heavy atom. The molecule has 7 nitrogen and oxygen atoms in total. The van der Waals surface area contributed by atoms with Gasteiger partial charge in [-0.3, -0.25) is 9.59 Å². The number of nitrogens with zero attached hydrogens (tertiary/aromatic N) is 3. The molecule has 1 aliphatic rings. The van der Waals surface area contributed by atoms with Gasteiger partial charge in [0.15, 0.2) is 5.65 Å². The molecule has 1 fully saturated rings. The van der Waals surface area contributed by atoms with E-state index in [4.69, 9.17) is 0 Å². The second-order valence-electron chi connectivity index (χ2n) is 7.96. The summed E-state index contributed by atoms with van der Waals surface area (Å²) in [6, 6.07) is 11.3. The summed E-state index contributed by atoms with van der Waals surface area (Å²) in [6.45, 7) is 4.92. The third-order valence-electron chi connectivity index (χ3n) is 5.44. The quantitative estimate of drug-likeness (QED) is 0.575. The minimum absolute atomic E-state index is 0. The van der Waals surface area contributed by atoms with Gasteiger partial charge < -0.3 is 15.5 Å². The van der Waals surface area contributed by atoms with Gasteiger partial charge in [0.2, 0.25) is 5.91 Å². The van der Waals surface area contributed by atoms with Crippen LogP contribution in [0.5, 0.6) is 0 Å². The summed E-state index contributed by atoms with van der Waals surface area (Å²) in [5, 5.41) is 6.99. The summed E-state index contributed by atoms with van der Waals surface area (Å²) >= 11 is 0. The van der Waals surface area contributed by atoms with E-state index >= 15 is 0 Å². The highest BCUT2D eigenvalue weighted by Crippen LogP contribution is 2.31. The fourth-order valence-corrected chi connectivity index (χ4v) is 3.94. The molecule has 0 saturated carbocycles. The van der Waals surface area contributed by atoms with Gasteiger partial charge in [0.25, 0.3) is 5.91 Å². The van der Waals surface area contributed by atoms with Crippen molar-refractivity contribution in [3.05, 3.63) is 53.9 Å². The first-order chi connectivity index (χ1) is 15.0. The van der Waals surface area contributed by atoms with Gasteiger partial charge in [0.05, 0.1) is 11.3 Å². The first-order valence-electron chi connectivity index (χ1n) is 10.7. The zero-order valence-corrected chi connectivity index (χ0v) is 19.2. The number of amides is 2. The Morgan fingerprint density at radius 3 is 2.44 bits per heavy atom. The Labute approximate surface area is 194 Å². The van der Waals surface area contributed by atoms with Crippen LogP contribution in [0.1, 0.15) is 48.7 Å². The van der Waals surface area contributed by atoms with E-state index in [2.05, 4.69) is 20.6 Å². The molecule has 8 heteroatoms. The first-order valence-corrected chi connectivity index (χ1v) is 10.7. The number of aromatic nitrogens is 2. The van der Waals surface area contributed by atoms with Gasteiger partial charge in [-0.1, -0.05) is 18.9 Å². The van der Waals surface area contributed by atoms with E-state index < -0.39 is 0 Å². The summed E-state index contributed by atoms with van der Waals surface area (Å²) < 4.78 is 0. The molecule has 0 atom stereocenters. The molecule has 4 rings (SSSR count). The lowest BCUT2D eigenvalue weighted by Crippen LogP contribution is -2.32. The van der Waals surface area contributed by atoms with Crippen LogP contribution in [0.15, 0.2) is 42.6 Å². The third kappa shape index (κ3) is 5.34. The van der Waals surface area contributed by atoms with Crippen LogP contribution in [-0.2, 0) is 4.79 Å². The largest absolute Gasteiger partial charge is 0.354 e. The molecule has 2 aromatic heterocycles. The molecule has 2 N–H and O–H groups in total. The van der Waals surface area contributed by atoms with Gasteiger partial charge in [0, 0.05) is 48.7 Å². The van der Waals surface area contributed by atoms with Gasteiger partial charge in [-0.15, -0.1) is 12.4 Å². The van der Waals surface area contributed by atoms with Gasteiger partial charge >= 0.3 is 0 Å². The number of aryl methyl sites for hydroxylation is 1. The van der Waals surface area contributed by atoms with Gasteiger partial charge in [-0.25, -0.2) is 9.97 Å². The van der Waals surface area contributed by atoms with E-state index in [-0.39, 0.29) is 24.2 Å². The summed E-state index contributed by atoms with van der Waals surface area (Å²) in [5.74, 6) is -0.152. The van der Waals surface area contributed by atoms with Crippen molar-refractivity contribution in [1.82, 2.24) is 14.9 Å². The standard InChI is InChI=1S/C24H27N5O2.ClH/c1-16-10-11-20-22(28-19-9-7-8-18(14-19)27-17(2)30)21(15-25-23(20)26-16)24(31)29-12-5-3-4-6-13-29;/h7-11,14-15H,3-6,12-13H2,1-2H3,(H,27,30)(H,25,26,28);1H. The van der Waals surface area contributed by atoms with Crippen LogP contribution in [0.2, 0.25) is 0 Å². The number of carbonyl (C=O) groups excluding carboxylic acids is 2. The molecule has 0 unspecified atom stereocenters. The number of pyridine rings is 2.